The fourth-order valence-corrected chi connectivity index (χ4v) is 2.33. The molecule has 4 nitrogen and oxygen atoms in total. The van der Waals surface area contributed by atoms with Gasteiger partial charge in [-0.3, -0.25) is 0 Å². The highest BCUT2D eigenvalue weighted by Crippen LogP contribution is 2.03. The lowest BCUT2D eigenvalue weighted by molar-refractivity contribution is -0.130. The number of carbonyl (C=O) groups excluding carboxylic acids is 1. The Kier molecular flexibility index (Phi) is 9.17. The molecule has 0 saturated carbocycles. The molecule has 0 aromatic heterocycles. The van der Waals surface area contributed by atoms with Gasteiger partial charge in [0, 0.05) is 25.8 Å². The second kappa shape index (κ2) is 9.56. The van der Waals surface area contributed by atoms with Crippen molar-refractivity contribution in [2.24, 2.45) is 0 Å². The van der Waals surface area contributed by atoms with Crippen LogP contribution in [0.5, 0.6) is 0 Å². The molecular weight excluding hydrogens is 224 g/mol. The molecule has 0 aromatic rings. The third-order valence-electron chi connectivity index (χ3n) is 2.17. The minimum Gasteiger partial charge on any atom is -0.522 e. The third kappa shape index (κ3) is 6.76. The lowest BCUT2D eigenvalue weighted by atomic mass is 10.2. The van der Waals surface area contributed by atoms with E-state index in [1.165, 1.54) is 0 Å². The molecule has 0 fully saturated rings. The van der Waals surface area contributed by atoms with Gasteiger partial charge in [-0.25, -0.2) is 4.79 Å². The number of hydrogen-bond acceptors (Lipinski definition) is 4. The SMILES string of the molecule is CCCC=C(C)C(=O)O[SiH2]CC(OC)OC. The smallest absolute Gasteiger partial charge is 0.319 e. The van der Waals surface area contributed by atoms with E-state index in [2.05, 4.69) is 6.92 Å². The van der Waals surface area contributed by atoms with E-state index in [-0.39, 0.29) is 12.3 Å². The molecule has 0 aromatic carbocycles. The summed E-state index contributed by atoms with van der Waals surface area (Å²) < 4.78 is 15.2. The number of methoxy groups -OCH3 is 2. The highest BCUT2D eigenvalue weighted by Gasteiger charge is 2.09. The van der Waals surface area contributed by atoms with Crippen molar-refractivity contribution in [1.82, 2.24) is 0 Å². The molecule has 0 amide bonds. The molecule has 0 atom stereocenters. The summed E-state index contributed by atoms with van der Waals surface area (Å²) in [5, 5.41) is 0. The normalized spacial score (nSPS) is 12.7. The van der Waals surface area contributed by atoms with Gasteiger partial charge in [0.05, 0.1) is 0 Å². The second-order valence-corrected chi connectivity index (χ2v) is 4.78. The van der Waals surface area contributed by atoms with Crippen LogP contribution in [-0.2, 0) is 18.7 Å². The highest BCUT2D eigenvalue weighted by molar-refractivity contribution is 6.31. The van der Waals surface area contributed by atoms with Crippen molar-refractivity contribution in [2.45, 2.75) is 39.0 Å². The van der Waals surface area contributed by atoms with E-state index in [4.69, 9.17) is 13.9 Å². The molecule has 0 N–H and O–H groups in total. The molecule has 0 spiro atoms. The summed E-state index contributed by atoms with van der Waals surface area (Å²) >= 11 is 0. The molecule has 94 valence electrons. The van der Waals surface area contributed by atoms with Gasteiger partial charge in [-0.15, -0.1) is 0 Å². The van der Waals surface area contributed by atoms with E-state index in [9.17, 15) is 4.79 Å². The van der Waals surface area contributed by atoms with Crippen molar-refractivity contribution in [2.75, 3.05) is 14.2 Å². The van der Waals surface area contributed by atoms with Crippen LogP contribution in [0.15, 0.2) is 11.6 Å². The molecule has 0 rings (SSSR count). The van der Waals surface area contributed by atoms with Crippen molar-refractivity contribution in [3.8, 4) is 0 Å². The molecule has 16 heavy (non-hydrogen) atoms. The van der Waals surface area contributed by atoms with Gasteiger partial charge in [0.15, 0.2) is 6.29 Å². The van der Waals surface area contributed by atoms with E-state index in [1.807, 2.05) is 6.08 Å². The first-order valence-corrected chi connectivity index (χ1v) is 7.12. The zero-order valence-corrected chi connectivity index (χ0v) is 12.0. The van der Waals surface area contributed by atoms with Crippen molar-refractivity contribution in [1.29, 1.82) is 0 Å². The van der Waals surface area contributed by atoms with Crippen LogP contribution < -0.4 is 0 Å². The third-order valence-corrected chi connectivity index (χ3v) is 3.35. The van der Waals surface area contributed by atoms with E-state index in [0.29, 0.717) is 11.6 Å². The molecule has 0 heterocycles. The molecule has 0 aliphatic rings. The Morgan fingerprint density at radius 3 is 2.50 bits per heavy atom. The standard InChI is InChI=1S/C11H22O4Si/c1-5-6-7-9(2)11(12)15-16-8-10(13-3)14-4/h7,10H,5-6,8,16H2,1-4H3. The van der Waals surface area contributed by atoms with E-state index in [1.54, 1.807) is 21.1 Å². The van der Waals surface area contributed by atoms with Crippen LogP contribution in [0.3, 0.4) is 0 Å². The van der Waals surface area contributed by atoms with Crippen LogP contribution >= 0.6 is 0 Å². The van der Waals surface area contributed by atoms with Gasteiger partial charge < -0.3 is 13.9 Å². The lowest BCUT2D eigenvalue weighted by Gasteiger charge is -2.12. The quantitative estimate of drug-likeness (QED) is 0.369. The lowest BCUT2D eigenvalue weighted by Crippen LogP contribution is -2.19. The van der Waals surface area contributed by atoms with Crippen LogP contribution in [0.4, 0.5) is 0 Å². The van der Waals surface area contributed by atoms with Crippen molar-refractivity contribution in [3.63, 3.8) is 0 Å². The molecule has 0 aliphatic heterocycles. The first-order valence-electron chi connectivity index (χ1n) is 5.55. The van der Waals surface area contributed by atoms with Crippen LogP contribution in [-0.4, -0.2) is 36.2 Å². The summed E-state index contributed by atoms with van der Waals surface area (Å²) in [5.41, 5.74) is 0.695. The number of unbranched alkanes of at least 4 members (excludes halogenated alkanes) is 1. The summed E-state index contributed by atoms with van der Waals surface area (Å²) in [5.74, 6) is -0.203. The van der Waals surface area contributed by atoms with Gasteiger partial charge >= 0.3 is 5.97 Å². The first kappa shape index (κ1) is 15.3. The Morgan fingerprint density at radius 1 is 1.38 bits per heavy atom. The predicted octanol–water partition coefficient (Wildman–Crippen LogP) is 1.40. The Hall–Kier alpha value is -0.653. The molecule has 5 heteroatoms. The monoisotopic (exact) mass is 246 g/mol. The maximum Gasteiger partial charge on any atom is 0.319 e. The van der Waals surface area contributed by atoms with Gasteiger partial charge in [-0.05, 0) is 13.3 Å². The summed E-state index contributed by atoms with van der Waals surface area (Å²) in [6, 6.07) is 0.680. The number of ether oxygens (including phenoxy) is 2. The fourth-order valence-electron chi connectivity index (χ4n) is 1.14. The Balaban J connectivity index is 3.80. The van der Waals surface area contributed by atoms with Gasteiger partial charge in [0.25, 0.3) is 0 Å². The van der Waals surface area contributed by atoms with Gasteiger partial charge in [-0.1, -0.05) is 19.4 Å². The Labute approximate surface area is 99.9 Å². The molecular formula is C11H22O4Si. The first-order chi connectivity index (χ1) is 7.65. The molecule has 0 radical (unpaired) electrons. The zero-order valence-electron chi connectivity index (χ0n) is 10.6. The molecule has 0 bridgehead atoms. The Morgan fingerprint density at radius 2 is 2.00 bits per heavy atom. The number of allylic oxidation sites excluding steroid dienone is 1. The average molecular weight is 246 g/mol. The summed E-state index contributed by atoms with van der Waals surface area (Å²) in [6.45, 7) is 3.86. The van der Waals surface area contributed by atoms with E-state index < -0.39 is 9.76 Å². The molecule has 0 saturated heterocycles. The summed E-state index contributed by atoms with van der Waals surface area (Å²) in [4.78, 5) is 11.5. The number of carbonyl (C=O) groups is 1. The van der Waals surface area contributed by atoms with E-state index in [0.717, 1.165) is 12.8 Å². The average Bonchev–Trinajstić information content (AvgIpc) is 2.31. The topological polar surface area (TPSA) is 44.8 Å². The Bertz CT molecular complexity index is 224. The molecule has 0 aliphatic carbocycles. The zero-order chi connectivity index (χ0) is 12.4. The number of rotatable bonds is 8. The van der Waals surface area contributed by atoms with Crippen LogP contribution in [0.25, 0.3) is 0 Å². The van der Waals surface area contributed by atoms with Crippen LogP contribution in [0.2, 0.25) is 6.04 Å². The maximum absolute atomic E-state index is 11.5. The van der Waals surface area contributed by atoms with Gasteiger partial charge in [0.2, 0.25) is 9.76 Å². The van der Waals surface area contributed by atoms with Crippen LogP contribution in [0.1, 0.15) is 26.7 Å². The largest absolute Gasteiger partial charge is 0.522 e. The predicted molar refractivity (Wildman–Crippen MR) is 65.9 cm³/mol. The molecule has 0 unspecified atom stereocenters. The second-order valence-electron chi connectivity index (χ2n) is 3.50. The highest BCUT2D eigenvalue weighted by atomic mass is 28.2. The van der Waals surface area contributed by atoms with Crippen molar-refractivity contribution < 1.29 is 18.7 Å². The van der Waals surface area contributed by atoms with Crippen molar-refractivity contribution in [3.05, 3.63) is 11.6 Å². The minimum absolute atomic E-state index is 0.203. The van der Waals surface area contributed by atoms with Crippen molar-refractivity contribution >= 4 is 15.7 Å². The van der Waals surface area contributed by atoms with E-state index >= 15 is 0 Å². The minimum atomic E-state index is -0.912. The maximum atomic E-state index is 11.5. The number of hydrogen-bond donors (Lipinski definition) is 0. The fraction of sp³-hybridized carbons (Fsp3) is 0.727. The van der Waals surface area contributed by atoms with Gasteiger partial charge in [0.1, 0.15) is 0 Å². The van der Waals surface area contributed by atoms with Gasteiger partial charge in [-0.2, -0.15) is 0 Å². The van der Waals surface area contributed by atoms with Crippen LogP contribution in [0, 0.1) is 0 Å². The summed E-state index contributed by atoms with van der Waals surface area (Å²) in [6.07, 6.45) is 3.62. The summed E-state index contributed by atoms with van der Waals surface area (Å²) in [7, 11) is 2.25.